The standard InChI is InChI=1S/2C8H11.CHF3O3S.Rh/c2*1-2-4-6-8-7-5-3-1;2-1(3,4)8(5,6)7;/h2*1-2,7H,3-6H2;(H,5,6,7);/b2*2-1-,8-7?;;. The maximum Gasteiger partial charge on any atom is 0.522 e. The second kappa shape index (κ2) is 11.1. The average Bonchev–Trinajstić information content (AvgIpc) is 2.42. The van der Waals surface area contributed by atoms with Gasteiger partial charge in [0.1, 0.15) is 0 Å². The summed E-state index contributed by atoms with van der Waals surface area (Å²) in [6.45, 7) is 0. The summed E-state index contributed by atoms with van der Waals surface area (Å²) in [7, 11) is -5.84. The molecular formula is C17H23F3O3RhS. The zero-order valence-electron chi connectivity index (χ0n) is 13.8. The van der Waals surface area contributed by atoms with Gasteiger partial charge in [0.25, 0.3) is 0 Å². The van der Waals surface area contributed by atoms with E-state index in [-0.39, 0.29) is 0 Å². The van der Waals surface area contributed by atoms with Gasteiger partial charge in [-0.05, 0) is 0 Å². The molecule has 0 aromatic heterocycles. The van der Waals surface area contributed by atoms with Crippen molar-refractivity contribution in [3.05, 3.63) is 44.8 Å². The van der Waals surface area contributed by atoms with Gasteiger partial charge in [0.15, 0.2) is 0 Å². The first kappa shape index (κ1) is 22.3. The third kappa shape index (κ3) is 10.1. The van der Waals surface area contributed by atoms with Crippen LogP contribution in [0.4, 0.5) is 13.2 Å². The SMILES string of the molecule is C1=C\CC/[C]([Rh]/[C]2=C/CC/C=C\CC2)=C\CC/1.O=S(=O)(O)C(F)(F)F. The van der Waals surface area contributed by atoms with Gasteiger partial charge in [-0.2, -0.15) is 21.6 Å². The Morgan fingerprint density at radius 3 is 1.52 bits per heavy atom. The Bertz CT molecular complexity index is 598. The number of halogens is 3. The molecule has 3 nitrogen and oxygen atoms in total. The van der Waals surface area contributed by atoms with E-state index in [1.165, 1.54) is 51.4 Å². The summed E-state index contributed by atoms with van der Waals surface area (Å²) in [6.07, 6.45) is 24.5. The van der Waals surface area contributed by atoms with Crippen LogP contribution in [0.5, 0.6) is 0 Å². The summed E-state index contributed by atoms with van der Waals surface area (Å²) in [5.74, 6) is 0. The first-order chi connectivity index (χ1) is 11.7. The van der Waals surface area contributed by atoms with Crippen molar-refractivity contribution in [1.29, 1.82) is 0 Å². The van der Waals surface area contributed by atoms with Crippen LogP contribution < -0.4 is 0 Å². The molecule has 0 saturated carbocycles. The van der Waals surface area contributed by atoms with E-state index < -0.39 is 15.6 Å². The van der Waals surface area contributed by atoms with Gasteiger partial charge in [-0.15, -0.1) is 0 Å². The van der Waals surface area contributed by atoms with Crippen LogP contribution in [-0.2, 0) is 27.2 Å². The van der Waals surface area contributed by atoms with E-state index in [0.717, 1.165) is 0 Å². The van der Waals surface area contributed by atoms with Crippen molar-refractivity contribution >= 4 is 10.1 Å². The Balaban J connectivity index is 0.000000333. The fourth-order valence-electron chi connectivity index (χ4n) is 2.05. The van der Waals surface area contributed by atoms with Gasteiger partial charge in [0.05, 0.1) is 0 Å². The van der Waals surface area contributed by atoms with Crippen molar-refractivity contribution in [3.63, 3.8) is 0 Å². The van der Waals surface area contributed by atoms with E-state index in [2.05, 4.69) is 36.5 Å². The third-order valence-electron chi connectivity index (χ3n) is 3.30. The van der Waals surface area contributed by atoms with Crippen LogP contribution in [0.25, 0.3) is 0 Å². The summed E-state index contributed by atoms with van der Waals surface area (Å²) in [6, 6.07) is 0. The van der Waals surface area contributed by atoms with Gasteiger partial charge >= 0.3 is 129 Å². The quantitative estimate of drug-likeness (QED) is 0.253. The van der Waals surface area contributed by atoms with Gasteiger partial charge < -0.3 is 0 Å². The fourth-order valence-corrected chi connectivity index (χ4v) is 4.42. The van der Waals surface area contributed by atoms with Gasteiger partial charge in [-0.25, -0.2) is 0 Å². The van der Waals surface area contributed by atoms with Crippen LogP contribution >= 0.6 is 0 Å². The Morgan fingerprint density at radius 1 is 0.800 bits per heavy atom. The minimum absolute atomic E-state index is 0.563. The summed E-state index contributed by atoms with van der Waals surface area (Å²) in [4.78, 5) is 0. The first-order valence-electron chi connectivity index (χ1n) is 8.02. The number of rotatable bonds is 2. The predicted octanol–water partition coefficient (Wildman–Crippen LogP) is 5.49. The molecule has 25 heavy (non-hydrogen) atoms. The second-order valence-corrected chi connectivity index (χ2v) is 9.35. The number of hydrogen-bond acceptors (Lipinski definition) is 2. The van der Waals surface area contributed by atoms with Crippen molar-refractivity contribution in [1.82, 2.24) is 0 Å². The molecule has 0 aliphatic heterocycles. The van der Waals surface area contributed by atoms with Gasteiger partial charge in [-0.3, -0.25) is 4.55 Å². The maximum atomic E-state index is 10.7. The van der Waals surface area contributed by atoms with Crippen molar-refractivity contribution in [3.8, 4) is 0 Å². The Kier molecular flexibility index (Phi) is 9.91. The van der Waals surface area contributed by atoms with Crippen molar-refractivity contribution in [2.75, 3.05) is 0 Å². The van der Waals surface area contributed by atoms with Crippen LogP contribution in [0.3, 0.4) is 0 Å². The van der Waals surface area contributed by atoms with Crippen molar-refractivity contribution in [2.24, 2.45) is 0 Å². The van der Waals surface area contributed by atoms with Crippen molar-refractivity contribution < 1.29 is 43.3 Å². The molecule has 0 amide bonds. The number of alkyl halides is 3. The summed E-state index contributed by atoms with van der Waals surface area (Å²) in [5, 5.41) is 0. The van der Waals surface area contributed by atoms with Crippen LogP contribution in [0.15, 0.2) is 44.8 Å². The van der Waals surface area contributed by atoms with E-state index in [1.54, 1.807) is 8.33 Å². The molecule has 8 heteroatoms. The maximum absolute atomic E-state index is 10.7. The number of allylic oxidation sites excluding steroid dienone is 8. The molecule has 0 unspecified atom stereocenters. The fraction of sp³-hybridized carbons (Fsp3) is 0.529. The van der Waals surface area contributed by atoms with E-state index in [9.17, 15) is 13.2 Å². The van der Waals surface area contributed by atoms with Crippen LogP contribution in [0, 0.1) is 0 Å². The van der Waals surface area contributed by atoms with E-state index in [4.69, 9.17) is 13.0 Å². The van der Waals surface area contributed by atoms with E-state index >= 15 is 0 Å². The molecule has 145 valence electrons. The van der Waals surface area contributed by atoms with Gasteiger partial charge in [-0.1, -0.05) is 0 Å². The Labute approximate surface area is 155 Å². The monoisotopic (exact) mass is 467 g/mol. The summed E-state index contributed by atoms with van der Waals surface area (Å²) < 4.78 is 61.0. The van der Waals surface area contributed by atoms with Gasteiger partial charge in [0, 0.05) is 0 Å². The molecule has 2 rings (SSSR count). The molecule has 0 saturated heterocycles. The molecule has 0 atom stereocenters. The Hall–Kier alpha value is -0.717. The molecule has 2 aliphatic rings. The van der Waals surface area contributed by atoms with E-state index in [0.29, 0.717) is 17.1 Å². The Morgan fingerprint density at radius 2 is 1.16 bits per heavy atom. The minimum atomic E-state index is -5.84. The molecule has 1 N–H and O–H groups in total. The van der Waals surface area contributed by atoms with E-state index in [1.807, 2.05) is 0 Å². The summed E-state index contributed by atoms with van der Waals surface area (Å²) >= 11 is 0.563. The minimum Gasteiger partial charge on any atom is -0.279 e. The molecule has 0 fully saturated rings. The largest absolute Gasteiger partial charge is 0.522 e. The number of hydrogen-bond donors (Lipinski definition) is 1. The topological polar surface area (TPSA) is 54.4 Å². The van der Waals surface area contributed by atoms with Crippen molar-refractivity contribution in [2.45, 2.75) is 56.9 Å². The molecule has 0 bridgehead atoms. The zero-order chi connectivity index (χ0) is 18.8. The summed E-state index contributed by atoms with van der Waals surface area (Å²) in [5.41, 5.74) is -5.53. The molecule has 0 radical (unpaired) electrons. The predicted molar refractivity (Wildman–Crippen MR) is 89.0 cm³/mol. The van der Waals surface area contributed by atoms with Gasteiger partial charge in [0.2, 0.25) is 0 Å². The molecule has 0 heterocycles. The first-order valence-corrected chi connectivity index (χ1v) is 11.1. The zero-order valence-corrected chi connectivity index (χ0v) is 16.2. The third-order valence-corrected chi connectivity index (χ3v) is 6.42. The molecular weight excluding hydrogens is 444 g/mol. The molecule has 2 aliphatic carbocycles. The normalized spacial score (nSPS) is 26.2. The second-order valence-electron chi connectivity index (χ2n) is 5.42. The van der Waals surface area contributed by atoms with Crippen LogP contribution in [-0.4, -0.2) is 18.5 Å². The van der Waals surface area contributed by atoms with Crippen LogP contribution in [0.1, 0.15) is 51.4 Å². The van der Waals surface area contributed by atoms with Crippen LogP contribution in [0.2, 0.25) is 0 Å². The average molecular weight is 467 g/mol. The molecule has 0 aromatic rings. The molecule has 0 spiro atoms. The smallest absolute Gasteiger partial charge is 0.279 e. The molecule has 0 aromatic carbocycles.